The predicted molar refractivity (Wildman–Crippen MR) is 55.6 cm³/mol. The fraction of sp³-hybridized carbons (Fsp3) is 0.500. The van der Waals surface area contributed by atoms with Gasteiger partial charge in [-0.1, -0.05) is 44.2 Å². The van der Waals surface area contributed by atoms with Crippen molar-refractivity contribution in [2.75, 3.05) is 0 Å². The van der Waals surface area contributed by atoms with Gasteiger partial charge in [0.2, 0.25) is 0 Å². The molecule has 0 aromatic heterocycles. The molecule has 1 heteroatoms. The normalized spacial score (nSPS) is 17.8. The summed E-state index contributed by atoms with van der Waals surface area (Å²) in [6.45, 7) is 6.03. The van der Waals surface area contributed by atoms with Crippen LogP contribution in [-0.4, -0.2) is 11.2 Å². The Kier molecular flexibility index (Phi) is 3.10. The molecule has 0 aliphatic heterocycles. The molecule has 0 saturated heterocycles. The van der Waals surface area contributed by atoms with Gasteiger partial charge >= 0.3 is 0 Å². The van der Waals surface area contributed by atoms with Gasteiger partial charge in [-0.3, -0.25) is 0 Å². The largest absolute Gasteiger partial charge is 0.393 e. The second-order valence-corrected chi connectivity index (χ2v) is 4.33. The Labute approximate surface area is 80.4 Å². The molecule has 1 N–H and O–H groups in total. The van der Waals surface area contributed by atoms with E-state index in [0.717, 1.165) is 6.42 Å². The first-order valence-electron chi connectivity index (χ1n) is 4.74. The summed E-state index contributed by atoms with van der Waals surface area (Å²) in [5.74, 6) is 0. The summed E-state index contributed by atoms with van der Waals surface area (Å²) in [5, 5.41) is 9.54. The minimum atomic E-state index is -0.271. The van der Waals surface area contributed by atoms with Crippen molar-refractivity contribution in [3.8, 4) is 0 Å². The predicted octanol–water partition coefficient (Wildman–Crippen LogP) is 2.64. The summed E-state index contributed by atoms with van der Waals surface area (Å²) in [5.41, 5.74) is 1.25. The van der Waals surface area contributed by atoms with Gasteiger partial charge in [0.15, 0.2) is 0 Å². The van der Waals surface area contributed by atoms with Gasteiger partial charge in [-0.15, -0.1) is 0 Å². The van der Waals surface area contributed by atoms with Crippen LogP contribution in [-0.2, 0) is 6.42 Å². The SMILES string of the molecule is C[C@H](O)[C@@](C)([13CH3])Cc1ccccc1. The minimum absolute atomic E-state index is 0.0403. The van der Waals surface area contributed by atoms with E-state index in [2.05, 4.69) is 26.0 Å². The fourth-order valence-corrected chi connectivity index (χ4v) is 1.27. The Hall–Kier alpha value is -0.820. The molecule has 0 fully saturated rings. The quantitative estimate of drug-likeness (QED) is 0.707. The topological polar surface area (TPSA) is 20.2 Å². The molecule has 0 aliphatic carbocycles. The molecule has 72 valence electrons. The molecule has 1 rings (SSSR count). The molecule has 13 heavy (non-hydrogen) atoms. The van der Waals surface area contributed by atoms with Crippen LogP contribution < -0.4 is 0 Å². The Bertz CT molecular complexity index is 249. The van der Waals surface area contributed by atoms with Crippen molar-refractivity contribution < 1.29 is 5.11 Å². The summed E-state index contributed by atoms with van der Waals surface area (Å²) in [4.78, 5) is 0. The highest BCUT2D eigenvalue weighted by atomic mass is 16.3. The molecule has 0 unspecified atom stereocenters. The molecular weight excluding hydrogens is 161 g/mol. The van der Waals surface area contributed by atoms with Gasteiger partial charge < -0.3 is 5.11 Å². The van der Waals surface area contributed by atoms with Gasteiger partial charge in [-0.25, -0.2) is 0 Å². The molecule has 1 aromatic carbocycles. The number of aliphatic hydroxyl groups excluding tert-OH is 1. The highest BCUT2D eigenvalue weighted by Gasteiger charge is 2.23. The number of hydrogen-bond acceptors (Lipinski definition) is 1. The maximum atomic E-state index is 9.54. The lowest BCUT2D eigenvalue weighted by Gasteiger charge is -2.27. The van der Waals surface area contributed by atoms with Gasteiger partial charge in [0.05, 0.1) is 6.10 Å². The van der Waals surface area contributed by atoms with E-state index in [1.165, 1.54) is 5.56 Å². The van der Waals surface area contributed by atoms with Crippen molar-refractivity contribution in [3.05, 3.63) is 35.9 Å². The van der Waals surface area contributed by atoms with E-state index in [9.17, 15) is 5.11 Å². The lowest BCUT2D eigenvalue weighted by Crippen LogP contribution is -2.28. The third kappa shape index (κ3) is 2.85. The van der Waals surface area contributed by atoms with E-state index in [1.54, 1.807) is 0 Å². The lowest BCUT2D eigenvalue weighted by atomic mass is 9.86. The fourth-order valence-electron chi connectivity index (χ4n) is 1.27. The Balaban J connectivity index is 2.69. The van der Waals surface area contributed by atoms with Crippen LogP contribution in [0.25, 0.3) is 0 Å². The third-order valence-corrected chi connectivity index (χ3v) is 2.63. The summed E-state index contributed by atoms with van der Waals surface area (Å²) in [6.07, 6.45) is 0.651. The van der Waals surface area contributed by atoms with Gasteiger partial charge in [-0.2, -0.15) is 0 Å². The van der Waals surface area contributed by atoms with E-state index < -0.39 is 0 Å². The third-order valence-electron chi connectivity index (χ3n) is 2.63. The number of hydrogen-bond donors (Lipinski definition) is 1. The van der Waals surface area contributed by atoms with Gasteiger partial charge in [0.25, 0.3) is 0 Å². The summed E-state index contributed by atoms with van der Waals surface area (Å²) in [7, 11) is 0. The second-order valence-electron chi connectivity index (χ2n) is 4.33. The Morgan fingerprint density at radius 3 is 2.23 bits per heavy atom. The van der Waals surface area contributed by atoms with Crippen LogP contribution in [0.5, 0.6) is 0 Å². The van der Waals surface area contributed by atoms with Crippen molar-refractivity contribution in [1.29, 1.82) is 0 Å². The Morgan fingerprint density at radius 1 is 1.23 bits per heavy atom. The molecule has 2 atom stereocenters. The van der Waals surface area contributed by atoms with E-state index >= 15 is 0 Å². The smallest absolute Gasteiger partial charge is 0.0566 e. The molecule has 0 bridgehead atoms. The first-order chi connectivity index (χ1) is 6.02. The van der Waals surface area contributed by atoms with Crippen molar-refractivity contribution in [3.63, 3.8) is 0 Å². The van der Waals surface area contributed by atoms with Crippen LogP contribution >= 0.6 is 0 Å². The van der Waals surface area contributed by atoms with E-state index in [4.69, 9.17) is 0 Å². The molecule has 0 radical (unpaired) electrons. The van der Waals surface area contributed by atoms with Crippen molar-refractivity contribution in [1.82, 2.24) is 0 Å². The maximum Gasteiger partial charge on any atom is 0.0566 e. The van der Waals surface area contributed by atoms with Crippen molar-refractivity contribution >= 4 is 0 Å². The summed E-state index contributed by atoms with van der Waals surface area (Å²) < 4.78 is 0. The number of benzene rings is 1. The van der Waals surface area contributed by atoms with Gasteiger partial charge in [0, 0.05) is 0 Å². The molecule has 0 aliphatic rings. The molecule has 1 aromatic rings. The second kappa shape index (κ2) is 3.93. The highest BCUT2D eigenvalue weighted by Crippen LogP contribution is 2.25. The van der Waals surface area contributed by atoms with Crippen molar-refractivity contribution in [2.24, 2.45) is 5.41 Å². The number of aliphatic hydroxyl groups is 1. The van der Waals surface area contributed by atoms with E-state index in [-0.39, 0.29) is 11.5 Å². The van der Waals surface area contributed by atoms with Crippen LogP contribution in [0.4, 0.5) is 0 Å². The van der Waals surface area contributed by atoms with Crippen LogP contribution in [0.2, 0.25) is 0 Å². The maximum absolute atomic E-state index is 9.54. The first-order valence-corrected chi connectivity index (χ1v) is 4.74. The molecule has 0 saturated carbocycles. The zero-order chi connectivity index (χ0) is 9.90. The standard InChI is InChI=1S/C12H18O/c1-10(13)12(2,3)9-11-7-5-4-6-8-11/h4-8,10,13H,9H2,1-3H3/t10-/m0/s1/i2+1/t10-,12+. The molecular formula is C12H18O. The zero-order valence-corrected chi connectivity index (χ0v) is 8.62. The van der Waals surface area contributed by atoms with Crippen LogP contribution in [0.3, 0.4) is 0 Å². The van der Waals surface area contributed by atoms with Crippen LogP contribution in [0, 0.1) is 5.41 Å². The van der Waals surface area contributed by atoms with Crippen LogP contribution in [0.1, 0.15) is 26.3 Å². The summed E-state index contributed by atoms with van der Waals surface area (Å²) >= 11 is 0. The molecule has 0 amide bonds. The average molecular weight is 179 g/mol. The van der Waals surface area contributed by atoms with Crippen molar-refractivity contribution in [2.45, 2.75) is 33.3 Å². The van der Waals surface area contributed by atoms with Crippen LogP contribution in [0.15, 0.2) is 30.3 Å². The minimum Gasteiger partial charge on any atom is -0.393 e. The Morgan fingerprint density at radius 2 is 1.77 bits per heavy atom. The molecule has 1 nitrogen and oxygen atoms in total. The zero-order valence-electron chi connectivity index (χ0n) is 8.62. The first kappa shape index (κ1) is 10.3. The lowest BCUT2D eigenvalue weighted by molar-refractivity contribution is 0.0665. The molecule has 0 heterocycles. The monoisotopic (exact) mass is 179 g/mol. The average Bonchev–Trinajstić information content (AvgIpc) is 2.05. The van der Waals surface area contributed by atoms with E-state index in [1.807, 2.05) is 25.1 Å². The van der Waals surface area contributed by atoms with Gasteiger partial charge in [0.1, 0.15) is 0 Å². The number of rotatable bonds is 3. The summed E-state index contributed by atoms with van der Waals surface area (Å²) in [6, 6.07) is 10.3. The van der Waals surface area contributed by atoms with Gasteiger partial charge in [-0.05, 0) is 24.3 Å². The van der Waals surface area contributed by atoms with E-state index in [0.29, 0.717) is 0 Å². The highest BCUT2D eigenvalue weighted by molar-refractivity contribution is 5.16. The molecule has 0 spiro atoms.